The highest BCUT2D eigenvalue weighted by Crippen LogP contribution is 2.27. The molecule has 29 heavy (non-hydrogen) atoms. The molecule has 0 aromatic heterocycles. The van der Waals surface area contributed by atoms with Crippen LogP contribution in [0.4, 0.5) is 10.1 Å². The Hall–Kier alpha value is -2.32. The first kappa shape index (κ1) is 23.0. The van der Waals surface area contributed by atoms with Crippen molar-refractivity contribution < 1.29 is 22.3 Å². The molecule has 0 saturated heterocycles. The van der Waals surface area contributed by atoms with E-state index in [0.717, 1.165) is 22.2 Å². The first-order chi connectivity index (χ1) is 13.6. The summed E-state index contributed by atoms with van der Waals surface area (Å²) in [4.78, 5) is 12.7. The highest BCUT2D eigenvalue weighted by molar-refractivity contribution is 7.92. The number of hydrogen-bond acceptors (Lipinski definition) is 4. The maximum Gasteiger partial charge on any atom is 0.244 e. The number of carbonyl (C=O) groups is 1. The van der Waals surface area contributed by atoms with Crippen LogP contribution in [0.5, 0.6) is 5.75 Å². The monoisotopic (exact) mass is 442 g/mol. The molecule has 0 radical (unpaired) electrons. The van der Waals surface area contributed by atoms with E-state index in [1.807, 2.05) is 31.2 Å². The summed E-state index contributed by atoms with van der Waals surface area (Å²) in [5, 5.41) is 2.46. The standard InChI is InChI=1S/C20H24ClFN2O4S/c1-4-19(20(25)23-11-12-28-16-8-5-14(2)6-9-16)24(29(3,26)27)15-7-10-18(22)17(21)13-15/h5-10,13,19H,4,11-12H2,1-3H3,(H,23,25)/t19-/m0/s1. The largest absolute Gasteiger partial charge is 0.492 e. The van der Waals surface area contributed by atoms with E-state index in [1.54, 1.807) is 6.92 Å². The molecule has 0 bridgehead atoms. The Kier molecular flexibility index (Phi) is 7.87. The maximum atomic E-state index is 13.5. The number of hydrogen-bond donors (Lipinski definition) is 1. The van der Waals surface area contributed by atoms with Gasteiger partial charge in [-0.25, -0.2) is 12.8 Å². The van der Waals surface area contributed by atoms with E-state index in [9.17, 15) is 17.6 Å². The second-order valence-electron chi connectivity index (χ2n) is 6.53. The molecule has 0 aliphatic rings. The van der Waals surface area contributed by atoms with E-state index >= 15 is 0 Å². The van der Waals surface area contributed by atoms with Gasteiger partial charge in [0.2, 0.25) is 15.9 Å². The van der Waals surface area contributed by atoms with Crippen molar-refractivity contribution in [1.29, 1.82) is 0 Å². The van der Waals surface area contributed by atoms with Gasteiger partial charge in [0, 0.05) is 0 Å². The number of halogens is 2. The van der Waals surface area contributed by atoms with Crippen molar-refractivity contribution in [3.63, 3.8) is 0 Å². The molecular weight excluding hydrogens is 419 g/mol. The summed E-state index contributed by atoms with van der Waals surface area (Å²) in [5.41, 5.74) is 1.23. The van der Waals surface area contributed by atoms with Gasteiger partial charge in [-0.15, -0.1) is 0 Å². The minimum absolute atomic E-state index is 0.122. The van der Waals surface area contributed by atoms with Gasteiger partial charge in [-0.3, -0.25) is 9.10 Å². The number of aryl methyl sites for hydroxylation is 1. The molecular formula is C20H24ClFN2O4S. The molecule has 0 heterocycles. The second kappa shape index (κ2) is 9.93. The Bertz CT molecular complexity index is 951. The Balaban J connectivity index is 2.07. The molecule has 158 valence electrons. The number of ether oxygens (including phenoxy) is 1. The molecule has 0 fully saturated rings. The van der Waals surface area contributed by atoms with Gasteiger partial charge in [-0.1, -0.05) is 36.2 Å². The van der Waals surface area contributed by atoms with Gasteiger partial charge in [-0.05, 0) is 43.7 Å². The summed E-state index contributed by atoms with van der Waals surface area (Å²) in [7, 11) is -3.82. The van der Waals surface area contributed by atoms with Crippen molar-refractivity contribution >= 4 is 33.2 Å². The zero-order valence-corrected chi connectivity index (χ0v) is 18.1. The normalized spacial score (nSPS) is 12.3. The van der Waals surface area contributed by atoms with Crippen molar-refractivity contribution in [3.8, 4) is 5.75 Å². The van der Waals surface area contributed by atoms with E-state index in [0.29, 0.717) is 5.75 Å². The third kappa shape index (κ3) is 6.33. The Labute approximate surface area is 175 Å². The van der Waals surface area contributed by atoms with E-state index in [-0.39, 0.29) is 30.3 Å². The van der Waals surface area contributed by atoms with Crippen molar-refractivity contribution in [1.82, 2.24) is 5.32 Å². The number of anilines is 1. The molecule has 9 heteroatoms. The molecule has 0 unspecified atom stereocenters. The summed E-state index contributed by atoms with van der Waals surface area (Å²) in [5.74, 6) is -0.476. The molecule has 0 saturated carbocycles. The fraction of sp³-hybridized carbons (Fsp3) is 0.350. The molecule has 1 atom stereocenters. The summed E-state index contributed by atoms with van der Waals surface area (Å²) in [6, 6.07) is 10.0. The average Bonchev–Trinajstić information content (AvgIpc) is 2.66. The Morgan fingerprint density at radius 1 is 1.24 bits per heavy atom. The van der Waals surface area contributed by atoms with Crippen LogP contribution in [0.3, 0.4) is 0 Å². The van der Waals surface area contributed by atoms with E-state index in [2.05, 4.69) is 5.32 Å². The number of rotatable bonds is 9. The predicted octanol–water partition coefficient (Wildman–Crippen LogP) is 3.53. The quantitative estimate of drug-likeness (QED) is 0.603. The molecule has 0 spiro atoms. The SMILES string of the molecule is CC[C@@H](C(=O)NCCOc1ccc(C)cc1)N(c1ccc(F)c(Cl)c1)S(C)(=O)=O. The lowest BCUT2D eigenvalue weighted by molar-refractivity contribution is -0.122. The fourth-order valence-corrected chi connectivity index (χ4v) is 4.16. The number of carbonyl (C=O) groups excluding carboxylic acids is 1. The zero-order valence-electron chi connectivity index (χ0n) is 16.5. The van der Waals surface area contributed by atoms with Gasteiger partial charge in [0.15, 0.2) is 0 Å². The topological polar surface area (TPSA) is 75.7 Å². The van der Waals surface area contributed by atoms with Crippen LogP contribution in [0.2, 0.25) is 5.02 Å². The lowest BCUT2D eigenvalue weighted by atomic mass is 10.2. The summed E-state index contributed by atoms with van der Waals surface area (Å²) in [6.07, 6.45) is 1.20. The van der Waals surface area contributed by atoms with Crippen molar-refractivity contribution in [2.45, 2.75) is 26.3 Å². The van der Waals surface area contributed by atoms with Gasteiger partial charge in [0.1, 0.15) is 24.2 Å². The smallest absolute Gasteiger partial charge is 0.244 e. The second-order valence-corrected chi connectivity index (χ2v) is 8.80. The molecule has 2 aromatic rings. The van der Waals surface area contributed by atoms with Crippen LogP contribution in [0.1, 0.15) is 18.9 Å². The van der Waals surface area contributed by atoms with Crippen LogP contribution in [-0.2, 0) is 14.8 Å². The van der Waals surface area contributed by atoms with Crippen molar-refractivity contribution in [3.05, 3.63) is 58.9 Å². The molecule has 1 amide bonds. The van der Waals surface area contributed by atoms with Crippen LogP contribution < -0.4 is 14.4 Å². The summed E-state index contributed by atoms with van der Waals surface area (Å²) < 4.78 is 44.7. The molecule has 0 aliphatic heterocycles. The predicted molar refractivity (Wildman–Crippen MR) is 112 cm³/mol. The number of sulfonamides is 1. The first-order valence-electron chi connectivity index (χ1n) is 9.05. The number of nitrogens with zero attached hydrogens (tertiary/aromatic N) is 1. The number of benzene rings is 2. The molecule has 6 nitrogen and oxygen atoms in total. The zero-order chi connectivity index (χ0) is 21.6. The minimum atomic E-state index is -3.82. The van der Waals surface area contributed by atoms with E-state index in [4.69, 9.17) is 16.3 Å². The molecule has 2 rings (SSSR count). The molecule has 0 aliphatic carbocycles. The van der Waals surface area contributed by atoms with Crippen molar-refractivity contribution in [2.75, 3.05) is 23.7 Å². The van der Waals surface area contributed by atoms with Gasteiger partial charge in [0.05, 0.1) is 23.5 Å². The Morgan fingerprint density at radius 2 is 1.90 bits per heavy atom. The minimum Gasteiger partial charge on any atom is -0.492 e. The van der Waals surface area contributed by atoms with Crippen LogP contribution in [0.25, 0.3) is 0 Å². The van der Waals surface area contributed by atoms with Crippen LogP contribution >= 0.6 is 11.6 Å². The van der Waals surface area contributed by atoms with Crippen LogP contribution in [0, 0.1) is 12.7 Å². The first-order valence-corrected chi connectivity index (χ1v) is 11.3. The van der Waals surface area contributed by atoms with Crippen LogP contribution in [-0.4, -0.2) is 39.8 Å². The summed E-state index contributed by atoms with van der Waals surface area (Å²) in [6.45, 7) is 4.09. The summed E-state index contributed by atoms with van der Waals surface area (Å²) >= 11 is 5.79. The number of amides is 1. The lowest BCUT2D eigenvalue weighted by Crippen LogP contribution is -2.50. The van der Waals surface area contributed by atoms with E-state index < -0.39 is 27.8 Å². The molecule has 1 N–H and O–H groups in total. The fourth-order valence-electron chi connectivity index (χ4n) is 2.78. The highest BCUT2D eigenvalue weighted by Gasteiger charge is 2.31. The Morgan fingerprint density at radius 3 is 2.45 bits per heavy atom. The van der Waals surface area contributed by atoms with E-state index in [1.165, 1.54) is 12.1 Å². The molecule has 2 aromatic carbocycles. The van der Waals surface area contributed by atoms with Gasteiger partial charge < -0.3 is 10.1 Å². The average molecular weight is 443 g/mol. The number of nitrogens with one attached hydrogen (secondary N) is 1. The maximum absolute atomic E-state index is 13.5. The lowest BCUT2D eigenvalue weighted by Gasteiger charge is -2.30. The third-order valence-corrected chi connectivity index (χ3v) is 5.65. The van der Waals surface area contributed by atoms with Crippen molar-refractivity contribution in [2.24, 2.45) is 0 Å². The van der Waals surface area contributed by atoms with Gasteiger partial charge in [-0.2, -0.15) is 0 Å². The highest BCUT2D eigenvalue weighted by atomic mass is 35.5. The van der Waals surface area contributed by atoms with Crippen LogP contribution in [0.15, 0.2) is 42.5 Å². The van der Waals surface area contributed by atoms with Gasteiger partial charge >= 0.3 is 0 Å². The van der Waals surface area contributed by atoms with Gasteiger partial charge in [0.25, 0.3) is 0 Å². The third-order valence-electron chi connectivity index (χ3n) is 4.18.